The van der Waals surface area contributed by atoms with Crippen molar-refractivity contribution in [2.75, 3.05) is 13.1 Å². The highest BCUT2D eigenvalue weighted by Gasteiger charge is 2.48. The first-order valence-electron chi connectivity index (χ1n) is 8.24. The van der Waals surface area contributed by atoms with Crippen molar-refractivity contribution in [1.29, 1.82) is 0 Å². The van der Waals surface area contributed by atoms with Gasteiger partial charge >= 0.3 is 0 Å². The van der Waals surface area contributed by atoms with Crippen molar-refractivity contribution in [3.05, 3.63) is 51.6 Å². The standard InChI is InChI=1S/C17H22N4O3/c1-12-16(21(23)24)15(19-18-12)17(22)20-9-7-14(8-10-20)11-13-5-3-2-4-6-13/h2-6,11-12,15-16,18-19H,7-10H2,1H3. The van der Waals surface area contributed by atoms with Crippen molar-refractivity contribution in [2.45, 2.75) is 37.9 Å². The van der Waals surface area contributed by atoms with Crippen LogP contribution in [0, 0.1) is 10.1 Å². The van der Waals surface area contributed by atoms with Crippen molar-refractivity contribution >= 4 is 12.0 Å². The number of rotatable bonds is 3. The SMILES string of the molecule is CC1NNC(C(=O)N2CCC(=Cc3ccccc3)CC2)C1[N+](=O)[O-]. The zero-order valence-corrected chi connectivity index (χ0v) is 13.6. The van der Waals surface area contributed by atoms with E-state index in [-0.39, 0.29) is 16.9 Å². The molecule has 0 saturated carbocycles. The van der Waals surface area contributed by atoms with E-state index in [1.54, 1.807) is 11.8 Å². The molecule has 0 spiro atoms. The Hall–Kier alpha value is -2.25. The summed E-state index contributed by atoms with van der Waals surface area (Å²) >= 11 is 0. The van der Waals surface area contributed by atoms with Crippen LogP contribution in [0.5, 0.6) is 0 Å². The van der Waals surface area contributed by atoms with Crippen molar-refractivity contribution in [3.63, 3.8) is 0 Å². The second-order valence-corrected chi connectivity index (χ2v) is 6.37. The fourth-order valence-electron chi connectivity index (χ4n) is 3.33. The lowest BCUT2D eigenvalue weighted by Crippen LogP contribution is -2.52. The minimum Gasteiger partial charge on any atom is -0.340 e. The molecule has 2 aliphatic rings. The smallest absolute Gasteiger partial charge is 0.254 e. The van der Waals surface area contributed by atoms with Crippen molar-refractivity contribution < 1.29 is 9.72 Å². The van der Waals surface area contributed by atoms with E-state index >= 15 is 0 Å². The van der Waals surface area contributed by atoms with Crippen LogP contribution < -0.4 is 10.9 Å². The Morgan fingerprint density at radius 2 is 1.92 bits per heavy atom. The van der Waals surface area contributed by atoms with Gasteiger partial charge in [-0.3, -0.25) is 14.9 Å². The molecule has 7 nitrogen and oxygen atoms in total. The summed E-state index contributed by atoms with van der Waals surface area (Å²) in [7, 11) is 0. The highest BCUT2D eigenvalue weighted by molar-refractivity contribution is 5.83. The molecular formula is C17H22N4O3. The van der Waals surface area contributed by atoms with E-state index in [1.165, 1.54) is 5.57 Å². The second-order valence-electron chi connectivity index (χ2n) is 6.37. The summed E-state index contributed by atoms with van der Waals surface area (Å²) in [6, 6.07) is 8.01. The van der Waals surface area contributed by atoms with Gasteiger partial charge in [0.15, 0.2) is 6.04 Å². The van der Waals surface area contributed by atoms with E-state index in [2.05, 4.69) is 29.1 Å². The highest BCUT2D eigenvalue weighted by atomic mass is 16.6. The molecule has 1 aromatic carbocycles. The molecule has 2 fully saturated rings. The van der Waals surface area contributed by atoms with E-state index in [1.807, 2.05) is 18.2 Å². The Morgan fingerprint density at radius 3 is 2.54 bits per heavy atom. The molecule has 7 heteroatoms. The van der Waals surface area contributed by atoms with Crippen LogP contribution >= 0.6 is 0 Å². The van der Waals surface area contributed by atoms with E-state index in [0.29, 0.717) is 13.1 Å². The maximum Gasteiger partial charge on any atom is 0.254 e. The second kappa shape index (κ2) is 7.11. The molecule has 0 bridgehead atoms. The van der Waals surface area contributed by atoms with Gasteiger partial charge in [-0.15, -0.1) is 0 Å². The Balaban J connectivity index is 1.61. The zero-order chi connectivity index (χ0) is 17.1. The van der Waals surface area contributed by atoms with Crippen LogP contribution in [0.15, 0.2) is 35.9 Å². The van der Waals surface area contributed by atoms with E-state index in [0.717, 1.165) is 18.4 Å². The molecule has 3 rings (SSSR count). The quantitative estimate of drug-likeness (QED) is 0.642. The monoisotopic (exact) mass is 330 g/mol. The van der Waals surface area contributed by atoms with Gasteiger partial charge in [-0.05, 0) is 25.3 Å². The van der Waals surface area contributed by atoms with Gasteiger partial charge in [-0.25, -0.2) is 10.9 Å². The summed E-state index contributed by atoms with van der Waals surface area (Å²) in [5.74, 6) is -0.188. The average Bonchev–Trinajstić information content (AvgIpc) is 2.98. The first-order valence-corrected chi connectivity index (χ1v) is 8.24. The molecule has 1 aromatic rings. The number of carbonyl (C=O) groups excluding carboxylic acids is 1. The van der Waals surface area contributed by atoms with Gasteiger partial charge in [-0.2, -0.15) is 0 Å². The molecule has 2 aliphatic heterocycles. The molecule has 3 unspecified atom stereocenters. The van der Waals surface area contributed by atoms with Crippen LogP contribution in [0.1, 0.15) is 25.3 Å². The number of nitrogens with zero attached hydrogens (tertiary/aromatic N) is 2. The van der Waals surface area contributed by atoms with E-state index < -0.39 is 12.1 Å². The van der Waals surface area contributed by atoms with Crippen LogP contribution in [0.3, 0.4) is 0 Å². The molecule has 24 heavy (non-hydrogen) atoms. The van der Waals surface area contributed by atoms with Gasteiger partial charge in [0.05, 0.1) is 6.04 Å². The van der Waals surface area contributed by atoms with Crippen LogP contribution in [0.4, 0.5) is 0 Å². The number of piperidine rings is 1. The number of carbonyl (C=O) groups is 1. The predicted molar refractivity (Wildman–Crippen MR) is 90.5 cm³/mol. The maximum absolute atomic E-state index is 12.6. The largest absolute Gasteiger partial charge is 0.340 e. The first-order chi connectivity index (χ1) is 11.6. The summed E-state index contributed by atoms with van der Waals surface area (Å²) in [6.45, 7) is 2.92. The van der Waals surface area contributed by atoms with Crippen molar-refractivity contribution in [3.8, 4) is 0 Å². The number of amides is 1. The molecular weight excluding hydrogens is 308 g/mol. The minimum atomic E-state index is -0.932. The predicted octanol–water partition coefficient (Wildman–Crippen LogP) is 1.20. The van der Waals surface area contributed by atoms with Gasteiger partial charge in [0.2, 0.25) is 5.91 Å². The van der Waals surface area contributed by atoms with Gasteiger partial charge in [0, 0.05) is 18.0 Å². The minimum absolute atomic E-state index is 0.188. The number of hydrogen-bond donors (Lipinski definition) is 2. The van der Waals surface area contributed by atoms with Gasteiger partial charge in [0.1, 0.15) is 0 Å². The third kappa shape index (κ3) is 3.47. The summed E-state index contributed by atoms with van der Waals surface area (Å²) in [5, 5.41) is 11.2. The fraction of sp³-hybridized carbons (Fsp3) is 0.471. The Kier molecular flexibility index (Phi) is 4.92. The van der Waals surface area contributed by atoms with E-state index in [9.17, 15) is 14.9 Å². The lowest BCUT2D eigenvalue weighted by molar-refractivity contribution is -0.523. The van der Waals surface area contributed by atoms with Crippen LogP contribution in [0.25, 0.3) is 6.08 Å². The third-order valence-electron chi connectivity index (χ3n) is 4.72. The summed E-state index contributed by atoms with van der Waals surface area (Å²) in [4.78, 5) is 25.2. The highest BCUT2D eigenvalue weighted by Crippen LogP contribution is 2.21. The number of hydrazine groups is 1. The molecule has 2 heterocycles. The maximum atomic E-state index is 12.6. The van der Waals surface area contributed by atoms with Gasteiger partial charge in [-0.1, -0.05) is 42.0 Å². The molecule has 2 saturated heterocycles. The summed E-state index contributed by atoms with van der Waals surface area (Å²) in [5.41, 5.74) is 8.07. The first kappa shape index (κ1) is 16.6. The zero-order valence-electron chi connectivity index (χ0n) is 13.6. The number of benzene rings is 1. The van der Waals surface area contributed by atoms with Gasteiger partial charge in [0.25, 0.3) is 6.04 Å². The van der Waals surface area contributed by atoms with Crippen molar-refractivity contribution in [1.82, 2.24) is 15.8 Å². The Bertz CT molecular complexity index is 636. The summed E-state index contributed by atoms with van der Waals surface area (Å²) in [6.07, 6.45) is 3.78. The van der Waals surface area contributed by atoms with Gasteiger partial charge < -0.3 is 4.90 Å². The molecule has 0 radical (unpaired) electrons. The topological polar surface area (TPSA) is 87.5 Å². The molecule has 128 valence electrons. The van der Waals surface area contributed by atoms with Crippen LogP contribution in [-0.2, 0) is 4.79 Å². The number of nitro groups is 1. The van der Waals surface area contributed by atoms with Crippen LogP contribution in [0.2, 0.25) is 0 Å². The van der Waals surface area contributed by atoms with E-state index in [4.69, 9.17) is 0 Å². The van der Waals surface area contributed by atoms with Crippen molar-refractivity contribution in [2.24, 2.45) is 0 Å². The average molecular weight is 330 g/mol. The third-order valence-corrected chi connectivity index (χ3v) is 4.72. The molecule has 0 aromatic heterocycles. The molecule has 3 atom stereocenters. The lowest BCUT2D eigenvalue weighted by Gasteiger charge is -2.30. The fourth-order valence-corrected chi connectivity index (χ4v) is 3.33. The number of hydrogen-bond acceptors (Lipinski definition) is 5. The lowest BCUT2D eigenvalue weighted by atomic mass is 9.98. The molecule has 0 aliphatic carbocycles. The summed E-state index contributed by atoms with van der Waals surface area (Å²) < 4.78 is 0. The number of nitrogens with one attached hydrogen (secondary N) is 2. The van der Waals surface area contributed by atoms with Crippen LogP contribution in [-0.4, -0.2) is 46.9 Å². The Morgan fingerprint density at radius 1 is 1.25 bits per heavy atom. The number of likely N-dealkylation sites (tertiary alicyclic amines) is 1. The molecule has 1 amide bonds. The Labute approximate surface area is 140 Å². The molecule has 2 N–H and O–H groups in total. The normalized spacial score (nSPS) is 27.1.